The third kappa shape index (κ3) is 3.35. The van der Waals surface area contributed by atoms with Crippen LogP contribution in [0.3, 0.4) is 0 Å². The van der Waals surface area contributed by atoms with Crippen molar-refractivity contribution in [3.63, 3.8) is 0 Å². The average Bonchev–Trinajstić information content (AvgIpc) is 2.59. The molecule has 5 nitrogen and oxygen atoms in total. The molecule has 0 aliphatic carbocycles. The summed E-state index contributed by atoms with van der Waals surface area (Å²) >= 11 is 0. The van der Waals surface area contributed by atoms with Gasteiger partial charge in [0.15, 0.2) is 12.4 Å². The van der Waals surface area contributed by atoms with Crippen molar-refractivity contribution in [2.45, 2.75) is 26.5 Å². The molecule has 0 spiro atoms. The Labute approximate surface area is 140 Å². The van der Waals surface area contributed by atoms with Gasteiger partial charge in [0, 0.05) is 6.04 Å². The predicted molar refractivity (Wildman–Crippen MR) is 95.2 cm³/mol. The van der Waals surface area contributed by atoms with E-state index in [1.165, 1.54) is 0 Å². The second-order valence-corrected chi connectivity index (χ2v) is 5.73. The van der Waals surface area contributed by atoms with Gasteiger partial charge in [0.1, 0.15) is 0 Å². The monoisotopic (exact) mass is 321 g/mol. The smallest absolute Gasteiger partial charge is 0.261 e. The van der Waals surface area contributed by atoms with Crippen molar-refractivity contribution < 1.29 is 4.84 Å². The van der Waals surface area contributed by atoms with E-state index < -0.39 is 0 Å². The fraction of sp³-hybridized carbons (Fsp3) is 0.211. The largest absolute Gasteiger partial charge is 0.388 e. The lowest BCUT2D eigenvalue weighted by Crippen LogP contribution is -2.27. The summed E-state index contributed by atoms with van der Waals surface area (Å²) in [5, 5.41) is 4.58. The van der Waals surface area contributed by atoms with Crippen molar-refractivity contribution in [2.75, 3.05) is 0 Å². The normalized spacial score (nSPS) is 11.5. The molecule has 2 aromatic carbocycles. The molecule has 0 fully saturated rings. The van der Waals surface area contributed by atoms with E-state index >= 15 is 0 Å². The number of aromatic nitrogens is 2. The van der Waals surface area contributed by atoms with Gasteiger partial charge in [-0.15, -0.1) is 0 Å². The highest BCUT2D eigenvalue weighted by Gasteiger charge is 2.13. The molecule has 24 heavy (non-hydrogen) atoms. The van der Waals surface area contributed by atoms with E-state index in [4.69, 9.17) is 4.84 Å². The SMILES string of the molecule is CC(C)n1c(CO/N=C/c2ccccc2)nc2ccccc2c1=O. The maximum atomic E-state index is 12.7. The number of rotatable bonds is 5. The van der Waals surface area contributed by atoms with E-state index in [9.17, 15) is 4.79 Å². The number of benzene rings is 2. The number of hydrogen-bond donors (Lipinski definition) is 0. The Kier molecular flexibility index (Phi) is 4.70. The zero-order valence-corrected chi connectivity index (χ0v) is 13.7. The number of para-hydroxylation sites is 1. The molecule has 3 aromatic rings. The molecule has 122 valence electrons. The first-order chi connectivity index (χ1) is 11.7. The molecule has 3 rings (SSSR count). The third-order valence-corrected chi connectivity index (χ3v) is 3.67. The zero-order valence-electron chi connectivity index (χ0n) is 13.7. The fourth-order valence-corrected chi connectivity index (χ4v) is 2.56. The van der Waals surface area contributed by atoms with Crippen LogP contribution in [0.2, 0.25) is 0 Å². The van der Waals surface area contributed by atoms with Crippen LogP contribution in [0, 0.1) is 0 Å². The van der Waals surface area contributed by atoms with Crippen LogP contribution in [0.15, 0.2) is 64.5 Å². The summed E-state index contributed by atoms with van der Waals surface area (Å²) in [6.07, 6.45) is 1.64. The maximum absolute atomic E-state index is 12.7. The topological polar surface area (TPSA) is 56.5 Å². The lowest BCUT2D eigenvalue weighted by molar-refractivity contribution is 0.121. The van der Waals surface area contributed by atoms with E-state index in [1.807, 2.05) is 62.4 Å². The molecule has 0 atom stereocenters. The average molecular weight is 321 g/mol. The van der Waals surface area contributed by atoms with E-state index in [0.717, 1.165) is 5.56 Å². The van der Waals surface area contributed by atoms with Crippen molar-refractivity contribution in [1.82, 2.24) is 9.55 Å². The van der Waals surface area contributed by atoms with Gasteiger partial charge in [-0.25, -0.2) is 4.98 Å². The van der Waals surface area contributed by atoms with E-state index in [-0.39, 0.29) is 18.2 Å². The van der Waals surface area contributed by atoms with E-state index in [1.54, 1.807) is 16.8 Å². The second-order valence-electron chi connectivity index (χ2n) is 5.73. The third-order valence-electron chi connectivity index (χ3n) is 3.67. The Morgan fingerprint density at radius 1 is 1.12 bits per heavy atom. The molecule has 0 saturated carbocycles. The minimum atomic E-state index is -0.0544. The summed E-state index contributed by atoms with van der Waals surface area (Å²) in [5.74, 6) is 0.568. The van der Waals surface area contributed by atoms with Crippen LogP contribution in [0.25, 0.3) is 10.9 Å². The van der Waals surface area contributed by atoms with E-state index in [0.29, 0.717) is 16.7 Å². The Hall–Kier alpha value is -2.95. The molecule has 0 saturated heterocycles. The molecule has 0 amide bonds. The van der Waals surface area contributed by atoms with Crippen LogP contribution in [0.4, 0.5) is 0 Å². The first kappa shape index (κ1) is 15.9. The highest BCUT2D eigenvalue weighted by Crippen LogP contribution is 2.12. The summed E-state index contributed by atoms with van der Waals surface area (Å²) in [4.78, 5) is 22.6. The first-order valence-electron chi connectivity index (χ1n) is 7.87. The van der Waals surface area contributed by atoms with Gasteiger partial charge in [-0.3, -0.25) is 9.36 Å². The van der Waals surface area contributed by atoms with Crippen LogP contribution in [0.1, 0.15) is 31.3 Å². The molecule has 5 heteroatoms. The molecule has 1 heterocycles. The molecular weight excluding hydrogens is 302 g/mol. The van der Waals surface area contributed by atoms with Gasteiger partial charge in [0.05, 0.1) is 17.1 Å². The molecule has 0 aliphatic heterocycles. The summed E-state index contributed by atoms with van der Waals surface area (Å²) in [5.41, 5.74) is 1.57. The van der Waals surface area contributed by atoms with Crippen molar-refractivity contribution in [3.05, 3.63) is 76.3 Å². The van der Waals surface area contributed by atoms with Crippen molar-refractivity contribution in [2.24, 2.45) is 5.16 Å². The Morgan fingerprint density at radius 2 is 1.83 bits per heavy atom. The van der Waals surface area contributed by atoms with Crippen molar-refractivity contribution in [1.29, 1.82) is 0 Å². The van der Waals surface area contributed by atoms with Gasteiger partial charge in [-0.05, 0) is 31.5 Å². The van der Waals surface area contributed by atoms with Gasteiger partial charge in [0.25, 0.3) is 5.56 Å². The summed E-state index contributed by atoms with van der Waals surface area (Å²) in [7, 11) is 0. The van der Waals surface area contributed by atoms with Crippen molar-refractivity contribution in [3.8, 4) is 0 Å². The lowest BCUT2D eigenvalue weighted by Gasteiger charge is -2.15. The maximum Gasteiger partial charge on any atom is 0.261 e. The lowest BCUT2D eigenvalue weighted by atomic mass is 10.2. The molecule has 0 unspecified atom stereocenters. The Bertz CT molecular complexity index is 915. The summed E-state index contributed by atoms with van der Waals surface area (Å²) < 4.78 is 1.65. The van der Waals surface area contributed by atoms with Gasteiger partial charge in [-0.1, -0.05) is 47.6 Å². The van der Waals surface area contributed by atoms with Gasteiger partial charge >= 0.3 is 0 Å². The number of oxime groups is 1. The molecule has 0 radical (unpaired) electrons. The zero-order chi connectivity index (χ0) is 16.9. The Balaban J connectivity index is 1.87. The summed E-state index contributed by atoms with van der Waals surface area (Å²) in [6.45, 7) is 4.05. The molecule has 0 aliphatic rings. The highest BCUT2D eigenvalue weighted by atomic mass is 16.6. The highest BCUT2D eigenvalue weighted by molar-refractivity contribution is 5.79. The van der Waals surface area contributed by atoms with Crippen LogP contribution in [-0.4, -0.2) is 15.8 Å². The number of nitrogens with zero attached hydrogens (tertiary/aromatic N) is 3. The minimum absolute atomic E-state index is 0.00805. The van der Waals surface area contributed by atoms with Crippen LogP contribution < -0.4 is 5.56 Å². The predicted octanol–water partition coefficient (Wildman–Crippen LogP) is 3.53. The van der Waals surface area contributed by atoms with Gasteiger partial charge in [0.2, 0.25) is 0 Å². The van der Waals surface area contributed by atoms with E-state index in [2.05, 4.69) is 10.1 Å². The summed E-state index contributed by atoms with van der Waals surface area (Å²) in [6, 6.07) is 17.0. The number of fused-ring (bicyclic) bond motifs is 1. The van der Waals surface area contributed by atoms with Crippen LogP contribution >= 0.6 is 0 Å². The van der Waals surface area contributed by atoms with Crippen LogP contribution in [-0.2, 0) is 11.4 Å². The van der Waals surface area contributed by atoms with Gasteiger partial charge < -0.3 is 4.84 Å². The van der Waals surface area contributed by atoms with Crippen LogP contribution in [0.5, 0.6) is 0 Å². The van der Waals surface area contributed by atoms with Crippen molar-refractivity contribution >= 4 is 17.1 Å². The standard InChI is InChI=1S/C19H19N3O2/c1-14(2)22-18(13-24-20-12-15-8-4-3-5-9-15)21-17-11-7-6-10-16(17)19(22)23/h3-12,14H,13H2,1-2H3/b20-12+. The quantitative estimate of drug-likeness (QED) is 0.533. The fourth-order valence-electron chi connectivity index (χ4n) is 2.56. The number of hydrogen-bond acceptors (Lipinski definition) is 4. The Morgan fingerprint density at radius 3 is 2.58 bits per heavy atom. The second kappa shape index (κ2) is 7.08. The van der Waals surface area contributed by atoms with Gasteiger partial charge in [-0.2, -0.15) is 0 Å². The molecule has 1 aromatic heterocycles. The minimum Gasteiger partial charge on any atom is -0.388 e. The molecule has 0 N–H and O–H groups in total. The molecular formula is C19H19N3O2. The first-order valence-corrected chi connectivity index (χ1v) is 7.87. The molecule has 0 bridgehead atoms.